The summed E-state index contributed by atoms with van der Waals surface area (Å²) in [7, 11) is 0. The van der Waals surface area contributed by atoms with E-state index in [1.54, 1.807) is 0 Å². The van der Waals surface area contributed by atoms with Crippen molar-refractivity contribution >= 4 is 60.9 Å². The van der Waals surface area contributed by atoms with Gasteiger partial charge in [0, 0.05) is 38.5 Å². The monoisotopic (exact) mass is 805 g/mol. The molecule has 0 saturated carbocycles. The number of benzene rings is 10. The molecule has 0 fully saturated rings. The second-order valence-corrected chi connectivity index (χ2v) is 16.1. The minimum absolute atomic E-state index is 0.815. The standard InChI is InChI=1S/C60H39NO2/c1-4-12-40(13-5-1)42-22-26-44(27-23-42)46-30-34-49(35-31-46)61(50-36-32-47(33-37-50)45-28-24-43(25-29-45)41-14-6-2-7-15-41)56-21-11-20-53-55-39-57-54(38-58(55)63-60(53)56)52-19-10-18-51(59(52)62-57)48-16-8-3-9-17-48/h1-39H. The van der Waals surface area contributed by atoms with Gasteiger partial charge >= 0.3 is 0 Å². The number of fused-ring (bicyclic) bond motifs is 6. The number of para-hydroxylation sites is 2. The maximum atomic E-state index is 6.95. The molecule has 0 spiro atoms. The summed E-state index contributed by atoms with van der Waals surface area (Å²) in [5, 5.41) is 4.15. The summed E-state index contributed by atoms with van der Waals surface area (Å²) in [6.45, 7) is 0. The molecule has 0 aliphatic carbocycles. The molecule has 296 valence electrons. The second kappa shape index (κ2) is 15.3. The predicted octanol–water partition coefficient (Wildman–Crippen LogP) is 17.3. The van der Waals surface area contributed by atoms with Crippen LogP contribution in [-0.4, -0.2) is 0 Å². The molecule has 0 saturated heterocycles. The fourth-order valence-electron chi connectivity index (χ4n) is 9.10. The molecule has 3 nitrogen and oxygen atoms in total. The van der Waals surface area contributed by atoms with Gasteiger partial charge in [-0.2, -0.15) is 0 Å². The highest BCUT2D eigenvalue weighted by atomic mass is 16.3. The van der Waals surface area contributed by atoms with E-state index >= 15 is 0 Å². The van der Waals surface area contributed by atoms with Gasteiger partial charge in [-0.25, -0.2) is 0 Å². The van der Waals surface area contributed by atoms with Gasteiger partial charge in [-0.15, -0.1) is 0 Å². The van der Waals surface area contributed by atoms with Crippen molar-refractivity contribution in [2.45, 2.75) is 0 Å². The molecule has 0 bridgehead atoms. The number of hydrogen-bond donors (Lipinski definition) is 0. The minimum atomic E-state index is 0.815. The lowest BCUT2D eigenvalue weighted by atomic mass is 9.99. The van der Waals surface area contributed by atoms with Gasteiger partial charge in [0.25, 0.3) is 0 Å². The van der Waals surface area contributed by atoms with Crippen LogP contribution in [0.2, 0.25) is 0 Å². The Morgan fingerprint density at radius 2 is 0.603 bits per heavy atom. The van der Waals surface area contributed by atoms with Gasteiger partial charge in [-0.3, -0.25) is 0 Å². The minimum Gasteiger partial charge on any atom is -0.455 e. The van der Waals surface area contributed by atoms with Crippen LogP contribution in [0, 0.1) is 0 Å². The van der Waals surface area contributed by atoms with Gasteiger partial charge in [-0.05, 0) is 92.5 Å². The molecule has 2 aromatic heterocycles. The van der Waals surface area contributed by atoms with Crippen LogP contribution in [0.1, 0.15) is 0 Å². The van der Waals surface area contributed by atoms with E-state index in [0.717, 1.165) is 83.2 Å². The lowest BCUT2D eigenvalue weighted by Gasteiger charge is -2.26. The number of anilines is 3. The Kier molecular flexibility index (Phi) is 8.83. The van der Waals surface area contributed by atoms with Crippen molar-refractivity contribution in [2.24, 2.45) is 0 Å². The lowest BCUT2D eigenvalue weighted by molar-refractivity contribution is 0.664. The van der Waals surface area contributed by atoms with Crippen LogP contribution in [0.25, 0.3) is 99.5 Å². The molecule has 0 N–H and O–H groups in total. The number of hydrogen-bond acceptors (Lipinski definition) is 3. The Morgan fingerprint density at radius 1 is 0.254 bits per heavy atom. The summed E-state index contributed by atoms with van der Waals surface area (Å²) in [5.41, 5.74) is 18.1. The third kappa shape index (κ3) is 6.55. The zero-order valence-electron chi connectivity index (χ0n) is 34.3. The average Bonchev–Trinajstić information content (AvgIpc) is 3.92. The third-order valence-corrected chi connectivity index (χ3v) is 12.3. The fourth-order valence-corrected chi connectivity index (χ4v) is 9.10. The summed E-state index contributed by atoms with van der Waals surface area (Å²) in [6, 6.07) is 83.9. The lowest BCUT2D eigenvalue weighted by Crippen LogP contribution is -2.10. The molecule has 63 heavy (non-hydrogen) atoms. The van der Waals surface area contributed by atoms with Crippen molar-refractivity contribution in [3.63, 3.8) is 0 Å². The first-order valence-corrected chi connectivity index (χ1v) is 21.4. The van der Waals surface area contributed by atoms with E-state index < -0.39 is 0 Å². The number of furan rings is 2. The number of nitrogens with zero attached hydrogens (tertiary/aromatic N) is 1. The van der Waals surface area contributed by atoms with Gasteiger partial charge < -0.3 is 13.7 Å². The zero-order chi connectivity index (χ0) is 41.7. The van der Waals surface area contributed by atoms with E-state index in [9.17, 15) is 0 Å². The summed E-state index contributed by atoms with van der Waals surface area (Å²) in [4.78, 5) is 2.31. The molecule has 0 aliphatic rings. The topological polar surface area (TPSA) is 29.5 Å². The predicted molar refractivity (Wildman–Crippen MR) is 263 cm³/mol. The smallest absolute Gasteiger partial charge is 0.159 e. The highest BCUT2D eigenvalue weighted by molar-refractivity contribution is 6.18. The largest absolute Gasteiger partial charge is 0.455 e. The van der Waals surface area contributed by atoms with Gasteiger partial charge in [0.05, 0.1) is 5.69 Å². The molecular formula is C60H39NO2. The van der Waals surface area contributed by atoms with Gasteiger partial charge in [0.15, 0.2) is 5.58 Å². The van der Waals surface area contributed by atoms with Crippen molar-refractivity contribution in [2.75, 3.05) is 4.90 Å². The van der Waals surface area contributed by atoms with Crippen molar-refractivity contribution in [1.29, 1.82) is 0 Å². The normalized spacial score (nSPS) is 11.5. The van der Waals surface area contributed by atoms with Crippen molar-refractivity contribution < 1.29 is 8.83 Å². The van der Waals surface area contributed by atoms with E-state index in [-0.39, 0.29) is 0 Å². The maximum Gasteiger partial charge on any atom is 0.159 e. The first-order valence-electron chi connectivity index (χ1n) is 21.4. The van der Waals surface area contributed by atoms with Crippen LogP contribution in [0.5, 0.6) is 0 Å². The van der Waals surface area contributed by atoms with Gasteiger partial charge in [0.2, 0.25) is 0 Å². The van der Waals surface area contributed by atoms with Gasteiger partial charge in [-0.1, -0.05) is 194 Å². The molecule has 0 aliphatic heterocycles. The molecular weight excluding hydrogens is 767 g/mol. The third-order valence-electron chi connectivity index (χ3n) is 12.3. The van der Waals surface area contributed by atoms with Gasteiger partial charge in [0.1, 0.15) is 16.7 Å². The van der Waals surface area contributed by atoms with E-state index in [1.165, 1.54) is 33.4 Å². The molecule has 0 atom stereocenters. The molecule has 0 radical (unpaired) electrons. The zero-order valence-corrected chi connectivity index (χ0v) is 34.3. The molecule has 3 heteroatoms. The Bertz CT molecular complexity index is 3430. The van der Waals surface area contributed by atoms with Crippen molar-refractivity contribution in [3.05, 3.63) is 237 Å². The Balaban J connectivity index is 0.954. The van der Waals surface area contributed by atoms with Crippen LogP contribution >= 0.6 is 0 Å². The van der Waals surface area contributed by atoms with Crippen molar-refractivity contribution in [3.8, 4) is 55.6 Å². The SMILES string of the molecule is c1ccc(-c2ccc(-c3ccc(N(c4ccc(-c5ccc(-c6ccccc6)cc5)cc4)c4cccc5c4oc4cc6c(cc45)oc4c(-c5ccccc5)cccc46)cc3)cc2)cc1. The molecule has 0 amide bonds. The summed E-state index contributed by atoms with van der Waals surface area (Å²) >= 11 is 0. The van der Waals surface area contributed by atoms with Crippen LogP contribution in [0.15, 0.2) is 245 Å². The highest BCUT2D eigenvalue weighted by Gasteiger charge is 2.22. The first-order chi connectivity index (χ1) is 31.2. The maximum absolute atomic E-state index is 6.95. The number of rotatable bonds is 8. The quantitative estimate of drug-likeness (QED) is 0.153. The van der Waals surface area contributed by atoms with Crippen LogP contribution in [0.3, 0.4) is 0 Å². The first kappa shape index (κ1) is 36.5. The second-order valence-electron chi connectivity index (χ2n) is 16.1. The Morgan fingerprint density at radius 3 is 1.05 bits per heavy atom. The Labute approximate surface area is 365 Å². The van der Waals surface area contributed by atoms with E-state index in [2.05, 4.69) is 235 Å². The van der Waals surface area contributed by atoms with E-state index in [0.29, 0.717) is 0 Å². The average molecular weight is 806 g/mol. The summed E-state index contributed by atoms with van der Waals surface area (Å²) in [6.07, 6.45) is 0. The molecule has 2 heterocycles. The van der Waals surface area contributed by atoms with E-state index in [4.69, 9.17) is 8.83 Å². The van der Waals surface area contributed by atoms with Crippen LogP contribution in [-0.2, 0) is 0 Å². The molecule has 10 aromatic carbocycles. The molecule has 12 aromatic rings. The van der Waals surface area contributed by atoms with Crippen LogP contribution in [0.4, 0.5) is 17.1 Å². The van der Waals surface area contributed by atoms with Crippen LogP contribution < -0.4 is 4.90 Å². The Hall–Kier alpha value is -8.40. The summed E-state index contributed by atoms with van der Waals surface area (Å²) in [5.74, 6) is 0. The molecule has 0 unspecified atom stereocenters. The highest BCUT2D eigenvalue weighted by Crippen LogP contribution is 2.45. The molecule has 12 rings (SSSR count). The van der Waals surface area contributed by atoms with Crippen molar-refractivity contribution in [1.82, 2.24) is 0 Å². The summed E-state index contributed by atoms with van der Waals surface area (Å²) < 4.78 is 13.6. The fraction of sp³-hybridized carbons (Fsp3) is 0. The van der Waals surface area contributed by atoms with E-state index in [1.807, 2.05) is 6.07 Å².